The second-order valence-electron chi connectivity index (χ2n) is 7.02. The number of benzene rings is 1. The van der Waals surface area contributed by atoms with Crippen LogP contribution in [0.25, 0.3) is 0 Å². The van der Waals surface area contributed by atoms with Crippen LogP contribution in [0.3, 0.4) is 0 Å². The van der Waals surface area contributed by atoms with E-state index < -0.39 is 10.1 Å². The first-order valence-corrected chi connectivity index (χ1v) is 10.6. The van der Waals surface area contributed by atoms with Crippen molar-refractivity contribution in [1.82, 2.24) is 0 Å². The highest BCUT2D eigenvalue weighted by molar-refractivity contribution is 7.86. The number of unbranched alkanes of at least 4 members (excludes halogenated alkanes) is 5. The summed E-state index contributed by atoms with van der Waals surface area (Å²) in [5.41, 5.74) is 3.54. The summed E-state index contributed by atoms with van der Waals surface area (Å²) in [5.74, 6) is 0.195. The summed E-state index contributed by atoms with van der Waals surface area (Å²) in [5, 5.41) is 0. The van der Waals surface area contributed by atoms with Gasteiger partial charge in [0.1, 0.15) is 10.7 Å². The summed E-state index contributed by atoms with van der Waals surface area (Å²) in [7, 11) is -4.26. The van der Waals surface area contributed by atoms with Gasteiger partial charge in [0.2, 0.25) is 0 Å². The van der Waals surface area contributed by atoms with Crippen LogP contribution >= 0.6 is 0 Å². The van der Waals surface area contributed by atoms with Gasteiger partial charge in [0, 0.05) is 12.8 Å². The number of hydrogen-bond donors (Lipinski definition) is 1. The van der Waals surface area contributed by atoms with Crippen LogP contribution in [0.5, 0.6) is 0 Å². The third-order valence-corrected chi connectivity index (χ3v) is 6.28. The molecule has 1 N–H and O–H groups in total. The lowest BCUT2D eigenvalue weighted by Crippen LogP contribution is -2.13. The molecular formula is C20H32O4S. The lowest BCUT2D eigenvalue weighted by atomic mass is 9.90. The van der Waals surface area contributed by atoms with Crippen molar-refractivity contribution in [2.24, 2.45) is 0 Å². The van der Waals surface area contributed by atoms with Crippen molar-refractivity contribution in [2.75, 3.05) is 0 Å². The third kappa shape index (κ3) is 5.93. The molecule has 0 saturated heterocycles. The van der Waals surface area contributed by atoms with Gasteiger partial charge >= 0.3 is 0 Å². The van der Waals surface area contributed by atoms with Gasteiger partial charge in [0.25, 0.3) is 10.1 Å². The molecule has 0 saturated carbocycles. The lowest BCUT2D eigenvalue weighted by molar-refractivity contribution is -0.118. The van der Waals surface area contributed by atoms with Gasteiger partial charge in [0.05, 0.1) is 0 Å². The molecule has 0 aromatic heterocycles. The number of hydrogen-bond acceptors (Lipinski definition) is 3. The van der Waals surface area contributed by atoms with Crippen molar-refractivity contribution >= 4 is 15.9 Å². The fourth-order valence-electron chi connectivity index (χ4n) is 3.40. The molecule has 0 radical (unpaired) electrons. The molecule has 0 aliphatic heterocycles. The Morgan fingerprint density at radius 1 is 0.840 bits per heavy atom. The Labute approximate surface area is 152 Å². The molecule has 0 heterocycles. The van der Waals surface area contributed by atoms with Gasteiger partial charge in [-0.25, -0.2) is 0 Å². The number of rotatable bonds is 10. The summed E-state index contributed by atoms with van der Waals surface area (Å²) in [6, 6.07) is 0. The SMILES string of the molecule is CCCCCCCCC(=O)Cc1c(C)c(C)c(S(=O)(=O)O)c(C)c1C. The Morgan fingerprint density at radius 2 is 1.32 bits per heavy atom. The third-order valence-electron chi connectivity index (χ3n) is 5.15. The molecule has 4 nitrogen and oxygen atoms in total. The van der Waals surface area contributed by atoms with E-state index in [-0.39, 0.29) is 10.7 Å². The normalized spacial score (nSPS) is 11.8. The Morgan fingerprint density at radius 3 is 1.80 bits per heavy atom. The summed E-state index contributed by atoms with van der Waals surface area (Å²) in [4.78, 5) is 12.3. The zero-order chi connectivity index (χ0) is 19.2. The molecule has 0 aliphatic rings. The molecule has 25 heavy (non-hydrogen) atoms. The van der Waals surface area contributed by atoms with Gasteiger partial charge in [-0.1, -0.05) is 39.0 Å². The molecule has 0 aliphatic carbocycles. The zero-order valence-corrected chi connectivity index (χ0v) is 17.1. The predicted molar refractivity (Wildman–Crippen MR) is 102 cm³/mol. The number of carbonyl (C=O) groups is 1. The fourth-order valence-corrected chi connectivity index (χ4v) is 4.48. The minimum absolute atomic E-state index is 0.0189. The molecule has 1 aromatic carbocycles. The average Bonchev–Trinajstić information content (AvgIpc) is 2.52. The fraction of sp³-hybridized carbons (Fsp3) is 0.650. The first kappa shape index (κ1) is 21.8. The van der Waals surface area contributed by atoms with E-state index in [4.69, 9.17) is 0 Å². The van der Waals surface area contributed by atoms with E-state index >= 15 is 0 Å². The van der Waals surface area contributed by atoms with E-state index in [0.717, 1.165) is 29.5 Å². The van der Waals surface area contributed by atoms with Crippen molar-refractivity contribution in [3.63, 3.8) is 0 Å². The minimum Gasteiger partial charge on any atom is -0.299 e. The second kappa shape index (κ2) is 9.48. The maximum Gasteiger partial charge on any atom is 0.295 e. The minimum atomic E-state index is -4.26. The standard InChI is InChI=1S/C20H32O4S/c1-6-7-8-9-10-11-12-18(21)13-19-14(2)16(4)20(25(22,23)24)17(5)15(19)3/h6-13H2,1-5H3,(H,22,23,24). The Balaban J connectivity index is 2.85. The van der Waals surface area contributed by atoms with Gasteiger partial charge in [-0.3, -0.25) is 9.35 Å². The van der Waals surface area contributed by atoms with Crippen molar-refractivity contribution in [3.8, 4) is 0 Å². The summed E-state index contributed by atoms with van der Waals surface area (Å²) in [6.45, 7) is 9.21. The first-order valence-electron chi connectivity index (χ1n) is 9.19. The molecule has 0 unspecified atom stereocenters. The van der Waals surface area contributed by atoms with E-state index in [0.29, 0.717) is 24.0 Å². The molecule has 0 spiro atoms. The molecule has 1 rings (SSSR count). The van der Waals surface area contributed by atoms with Crippen molar-refractivity contribution in [2.45, 2.75) is 90.9 Å². The lowest BCUT2D eigenvalue weighted by Gasteiger charge is -2.18. The highest BCUT2D eigenvalue weighted by Gasteiger charge is 2.23. The van der Waals surface area contributed by atoms with Crippen molar-refractivity contribution < 1.29 is 17.8 Å². The zero-order valence-electron chi connectivity index (χ0n) is 16.2. The van der Waals surface area contributed by atoms with Gasteiger partial charge < -0.3 is 0 Å². The summed E-state index contributed by atoms with van der Waals surface area (Å²) < 4.78 is 32.8. The van der Waals surface area contributed by atoms with Gasteiger partial charge in [-0.2, -0.15) is 8.42 Å². The number of carbonyl (C=O) groups excluding carboxylic acids is 1. The highest BCUT2D eigenvalue weighted by atomic mass is 32.2. The molecule has 5 heteroatoms. The van der Waals surface area contributed by atoms with Gasteiger partial charge in [0.15, 0.2) is 0 Å². The Bertz CT molecular complexity index is 689. The molecule has 0 fully saturated rings. The number of ketones is 1. The largest absolute Gasteiger partial charge is 0.299 e. The average molecular weight is 369 g/mol. The van der Waals surface area contributed by atoms with Gasteiger partial charge in [-0.15, -0.1) is 0 Å². The Kier molecular flexibility index (Phi) is 8.29. The van der Waals surface area contributed by atoms with Crippen LogP contribution in [0.1, 0.15) is 79.7 Å². The number of Topliss-reactive ketones (excluding diaryl/α,β-unsaturated/α-hetero) is 1. The van der Waals surface area contributed by atoms with E-state index in [1.165, 1.54) is 25.7 Å². The maximum atomic E-state index is 12.3. The van der Waals surface area contributed by atoms with Crippen LogP contribution in [-0.4, -0.2) is 18.8 Å². The van der Waals surface area contributed by atoms with E-state index in [1.54, 1.807) is 13.8 Å². The highest BCUT2D eigenvalue weighted by Crippen LogP contribution is 2.30. The molecule has 0 atom stereocenters. The summed E-state index contributed by atoms with van der Waals surface area (Å²) >= 11 is 0. The van der Waals surface area contributed by atoms with Gasteiger partial charge in [-0.05, 0) is 61.9 Å². The van der Waals surface area contributed by atoms with Crippen LogP contribution in [0.2, 0.25) is 0 Å². The van der Waals surface area contributed by atoms with E-state index in [2.05, 4.69) is 6.92 Å². The first-order chi connectivity index (χ1) is 11.6. The van der Waals surface area contributed by atoms with Crippen LogP contribution < -0.4 is 0 Å². The topological polar surface area (TPSA) is 71.4 Å². The van der Waals surface area contributed by atoms with Crippen molar-refractivity contribution in [1.29, 1.82) is 0 Å². The van der Waals surface area contributed by atoms with Crippen LogP contribution in [0.15, 0.2) is 4.90 Å². The molecule has 0 amide bonds. The van der Waals surface area contributed by atoms with E-state index in [9.17, 15) is 17.8 Å². The maximum absolute atomic E-state index is 12.3. The second-order valence-corrected chi connectivity index (χ2v) is 8.37. The molecule has 1 aromatic rings. The molecule has 142 valence electrons. The van der Waals surface area contributed by atoms with Crippen molar-refractivity contribution in [3.05, 3.63) is 27.8 Å². The van der Waals surface area contributed by atoms with Crippen LogP contribution in [0, 0.1) is 27.7 Å². The monoisotopic (exact) mass is 368 g/mol. The van der Waals surface area contributed by atoms with Crippen LogP contribution in [-0.2, 0) is 21.3 Å². The summed E-state index contributed by atoms with van der Waals surface area (Å²) in [6.07, 6.45) is 7.80. The Hall–Kier alpha value is -1.20. The van der Waals surface area contributed by atoms with Crippen LogP contribution in [0.4, 0.5) is 0 Å². The smallest absolute Gasteiger partial charge is 0.295 e. The quantitative estimate of drug-likeness (QED) is 0.464. The van der Waals surface area contributed by atoms with E-state index in [1.807, 2.05) is 13.8 Å². The predicted octanol–water partition coefficient (Wildman–Crippen LogP) is 5.03. The molecule has 0 bridgehead atoms. The molecular weight excluding hydrogens is 336 g/mol.